The molecular weight excluding hydrogens is 306 g/mol. The molecule has 0 heterocycles. The van der Waals surface area contributed by atoms with Crippen LogP contribution in [0.1, 0.15) is 6.92 Å². The highest BCUT2D eigenvalue weighted by atomic mass is 32.2. The Morgan fingerprint density at radius 3 is 2.52 bits per heavy atom. The molecule has 0 spiro atoms. The molecule has 0 aliphatic heterocycles. The number of hydrogen-bond donors (Lipinski definition) is 2. The number of sulfonamides is 1. The molecule has 1 atom stereocenters. The molecule has 6 heteroatoms. The van der Waals surface area contributed by atoms with Crippen molar-refractivity contribution in [3.8, 4) is 0 Å². The van der Waals surface area contributed by atoms with Gasteiger partial charge in [0.1, 0.15) is 0 Å². The Morgan fingerprint density at radius 2 is 1.86 bits per heavy atom. The second-order valence-electron chi connectivity index (χ2n) is 5.26. The van der Waals surface area contributed by atoms with E-state index in [4.69, 9.17) is 0 Å². The van der Waals surface area contributed by atoms with Crippen molar-refractivity contribution in [2.24, 2.45) is 0 Å². The van der Waals surface area contributed by atoms with Crippen LogP contribution >= 0.6 is 11.8 Å². The minimum absolute atomic E-state index is 0.0109. The maximum atomic E-state index is 12.3. The summed E-state index contributed by atoms with van der Waals surface area (Å²) >= 11 is 1.47. The number of benzene rings is 2. The molecule has 0 aliphatic carbocycles. The maximum absolute atomic E-state index is 12.3. The standard InChI is InChI=1S/C15H19NO3S2/c1-15(17,11-20-2)10-16-21(18,19)14-8-7-12-5-3-4-6-13(12)9-14/h3-9,16-17H,10-11H2,1-2H3. The molecule has 21 heavy (non-hydrogen) atoms. The first-order valence-corrected chi connectivity index (χ1v) is 9.42. The maximum Gasteiger partial charge on any atom is 0.240 e. The first-order chi connectivity index (χ1) is 9.84. The molecule has 0 aliphatic rings. The van der Waals surface area contributed by atoms with Crippen molar-refractivity contribution in [1.82, 2.24) is 4.72 Å². The largest absolute Gasteiger partial charge is 0.388 e. The van der Waals surface area contributed by atoms with E-state index in [0.717, 1.165) is 10.8 Å². The van der Waals surface area contributed by atoms with Gasteiger partial charge in [-0.1, -0.05) is 30.3 Å². The van der Waals surface area contributed by atoms with Gasteiger partial charge < -0.3 is 5.11 Å². The summed E-state index contributed by atoms with van der Waals surface area (Å²) in [7, 11) is -3.62. The van der Waals surface area contributed by atoms with Gasteiger partial charge in [-0.15, -0.1) is 0 Å². The third-order valence-corrected chi connectivity index (χ3v) is 5.44. The first kappa shape index (κ1) is 16.3. The van der Waals surface area contributed by atoms with Gasteiger partial charge in [0.25, 0.3) is 0 Å². The fraction of sp³-hybridized carbons (Fsp3) is 0.333. The molecule has 4 nitrogen and oxygen atoms in total. The van der Waals surface area contributed by atoms with E-state index in [-0.39, 0.29) is 11.4 Å². The molecule has 2 rings (SSSR count). The number of rotatable bonds is 6. The van der Waals surface area contributed by atoms with Crippen molar-refractivity contribution in [3.05, 3.63) is 42.5 Å². The molecule has 0 saturated carbocycles. The van der Waals surface area contributed by atoms with Crippen molar-refractivity contribution in [3.63, 3.8) is 0 Å². The monoisotopic (exact) mass is 325 g/mol. The molecule has 0 fully saturated rings. The zero-order valence-electron chi connectivity index (χ0n) is 12.0. The zero-order chi connectivity index (χ0) is 15.5. The highest BCUT2D eigenvalue weighted by Gasteiger charge is 2.23. The smallest absolute Gasteiger partial charge is 0.240 e. The zero-order valence-corrected chi connectivity index (χ0v) is 13.7. The Kier molecular flexibility index (Phi) is 4.93. The number of nitrogens with one attached hydrogen (secondary N) is 1. The van der Waals surface area contributed by atoms with E-state index < -0.39 is 15.6 Å². The van der Waals surface area contributed by atoms with Crippen LogP contribution in [-0.4, -0.2) is 37.7 Å². The van der Waals surface area contributed by atoms with Crippen LogP contribution in [0.5, 0.6) is 0 Å². The molecule has 2 aromatic carbocycles. The highest BCUT2D eigenvalue weighted by molar-refractivity contribution is 7.98. The van der Waals surface area contributed by atoms with E-state index >= 15 is 0 Å². The predicted molar refractivity (Wildman–Crippen MR) is 88.1 cm³/mol. The van der Waals surface area contributed by atoms with Gasteiger partial charge in [0, 0.05) is 12.3 Å². The second kappa shape index (κ2) is 6.36. The molecular formula is C15H19NO3S2. The Hall–Kier alpha value is -1.08. The van der Waals surface area contributed by atoms with Gasteiger partial charge in [-0.05, 0) is 36.1 Å². The molecule has 114 valence electrons. The molecule has 2 N–H and O–H groups in total. The van der Waals surface area contributed by atoms with Gasteiger partial charge in [-0.25, -0.2) is 13.1 Å². The van der Waals surface area contributed by atoms with Crippen LogP contribution in [0.25, 0.3) is 10.8 Å². The van der Waals surface area contributed by atoms with Crippen LogP contribution in [0.15, 0.2) is 47.4 Å². The van der Waals surface area contributed by atoms with E-state index in [1.807, 2.05) is 30.5 Å². The average molecular weight is 325 g/mol. The lowest BCUT2D eigenvalue weighted by molar-refractivity contribution is 0.0908. The van der Waals surface area contributed by atoms with Crippen molar-refractivity contribution >= 4 is 32.6 Å². The summed E-state index contributed by atoms with van der Waals surface area (Å²) in [6.45, 7) is 1.61. The van der Waals surface area contributed by atoms with Crippen LogP contribution in [-0.2, 0) is 10.0 Å². The van der Waals surface area contributed by atoms with E-state index in [1.165, 1.54) is 11.8 Å². The van der Waals surface area contributed by atoms with Gasteiger partial charge in [-0.2, -0.15) is 11.8 Å². The lowest BCUT2D eigenvalue weighted by Gasteiger charge is -2.22. The topological polar surface area (TPSA) is 66.4 Å². The van der Waals surface area contributed by atoms with Crippen molar-refractivity contribution in [2.45, 2.75) is 17.4 Å². The first-order valence-electron chi connectivity index (χ1n) is 6.54. The molecule has 1 unspecified atom stereocenters. The minimum atomic E-state index is -3.62. The van der Waals surface area contributed by atoms with E-state index in [9.17, 15) is 13.5 Å². The summed E-state index contributed by atoms with van der Waals surface area (Å²) < 4.78 is 27.1. The van der Waals surface area contributed by atoms with Crippen LogP contribution < -0.4 is 4.72 Å². The Bertz CT molecular complexity index is 727. The molecule has 0 saturated heterocycles. The predicted octanol–water partition coefficient (Wildman–Crippen LogP) is 2.23. The summed E-state index contributed by atoms with van der Waals surface area (Å²) in [5.74, 6) is 0.466. The number of fused-ring (bicyclic) bond motifs is 1. The van der Waals surface area contributed by atoms with Gasteiger partial charge >= 0.3 is 0 Å². The fourth-order valence-electron chi connectivity index (χ4n) is 2.03. The molecule has 2 aromatic rings. The molecule has 0 radical (unpaired) electrons. The molecule has 0 aromatic heterocycles. The Morgan fingerprint density at radius 1 is 1.19 bits per heavy atom. The molecule has 0 amide bonds. The van der Waals surface area contributed by atoms with Gasteiger partial charge in [-0.3, -0.25) is 0 Å². The number of aliphatic hydroxyl groups is 1. The average Bonchev–Trinajstić information content (AvgIpc) is 2.45. The van der Waals surface area contributed by atoms with Crippen LogP contribution in [0, 0.1) is 0 Å². The van der Waals surface area contributed by atoms with Crippen molar-refractivity contribution in [1.29, 1.82) is 0 Å². The van der Waals surface area contributed by atoms with E-state index in [0.29, 0.717) is 5.75 Å². The van der Waals surface area contributed by atoms with Gasteiger partial charge in [0.2, 0.25) is 10.0 Å². The van der Waals surface area contributed by atoms with Gasteiger partial charge in [0.05, 0.1) is 10.5 Å². The Labute approximate surface area is 129 Å². The van der Waals surface area contributed by atoms with Crippen molar-refractivity contribution in [2.75, 3.05) is 18.6 Å². The fourth-order valence-corrected chi connectivity index (χ4v) is 3.95. The highest BCUT2D eigenvalue weighted by Crippen LogP contribution is 2.19. The van der Waals surface area contributed by atoms with Gasteiger partial charge in [0.15, 0.2) is 0 Å². The summed E-state index contributed by atoms with van der Waals surface area (Å²) in [4.78, 5) is 0.209. The minimum Gasteiger partial charge on any atom is -0.388 e. The van der Waals surface area contributed by atoms with Crippen LogP contribution in [0.2, 0.25) is 0 Å². The van der Waals surface area contributed by atoms with Crippen molar-refractivity contribution < 1.29 is 13.5 Å². The van der Waals surface area contributed by atoms with Crippen LogP contribution in [0.4, 0.5) is 0 Å². The Balaban J connectivity index is 2.21. The quantitative estimate of drug-likeness (QED) is 0.855. The summed E-state index contributed by atoms with van der Waals surface area (Å²) in [5, 5.41) is 11.9. The summed E-state index contributed by atoms with van der Waals surface area (Å²) in [6.07, 6.45) is 1.87. The third kappa shape index (κ3) is 4.20. The third-order valence-electron chi connectivity index (χ3n) is 3.13. The second-order valence-corrected chi connectivity index (χ2v) is 7.90. The summed E-state index contributed by atoms with van der Waals surface area (Å²) in [6, 6.07) is 12.6. The van der Waals surface area contributed by atoms with E-state index in [2.05, 4.69) is 4.72 Å². The lowest BCUT2D eigenvalue weighted by Crippen LogP contribution is -2.42. The number of hydrogen-bond acceptors (Lipinski definition) is 4. The number of thioether (sulfide) groups is 1. The van der Waals surface area contributed by atoms with E-state index in [1.54, 1.807) is 25.1 Å². The molecule has 0 bridgehead atoms. The van der Waals surface area contributed by atoms with Crippen LogP contribution in [0.3, 0.4) is 0 Å². The normalized spacial score (nSPS) is 15.0. The SMILES string of the molecule is CSCC(C)(O)CNS(=O)(=O)c1ccc2ccccc2c1. The summed E-state index contributed by atoms with van der Waals surface area (Å²) in [5.41, 5.74) is -1.07. The lowest BCUT2D eigenvalue weighted by atomic mass is 10.1.